The van der Waals surface area contributed by atoms with Crippen molar-refractivity contribution in [3.05, 3.63) is 0 Å². The molecule has 0 aromatic rings. The number of hydrogen-bond acceptors (Lipinski definition) is 3. The molecule has 0 aliphatic rings. The zero-order valence-corrected chi connectivity index (χ0v) is 23.1. The molecule has 0 amide bonds. The minimum absolute atomic E-state index is 1.11. The van der Waals surface area contributed by atoms with Crippen LogP contribution in [0.25, 0.3) is 0 Å². The number of unbranched alkanes of at least 4 members (excludes halogenated alkanes) is 2. The molecule has 0 radical (unpaired) electrons. The van der Waals surface area contributed by atoms with Crippen molar-refractivity contribution in [2.45, 2.75) is 64.1 Å². The fraction of sp³-hybridized carbons (Fsp3) is 1.00. The SMILES string of the molecule is CCCCC[CH]([Si](C)(C)CN(C)CCN(C)CCN(C)C)[Sn]([CH3])([CH3])[CH3]. The Balaban J connectivity index is 4.56. The van der Waals surface area contributed by atoms with Gasteiger partial charge < -0.3 is 0 Å². The molecule has 0 saturated heterocycles. The van der Waals surface area contributed by atoms with Crippen LogP contribution in [0.2, 0.25) is 31.5 Å². The van der Waals surface area contributed by atoms with Crippen molar-refractivity contribution in [3.8, 4) is 0 Å². The van der Waals surface area contributed by atoms with E-state index in [1.165, 1.54) is 51.5 Å². The van der Waals surface area contributed by atoms with Gasteiger partial charge in [0.15, 0.2) is 0 Å². The van der Waals surface area contributed by atoms with Gasteiger partial charge in [-0.05, 0) is 0 Å². The van der Waals surface area contributed by atoms with E-state index < -0.39 is 26.5 Å². The Morgan fingerprint density at radius 2 is 1.32 bits per heavy atom. The molecule has 1 unspecified atom stereocenters. The van der Waals surface area contributed by atoms with Gasteiger partial charge in [0, 0.05) is 0 Å². The van der Waals surface area contributed by atoms with Crippen LogP contribution in [-0.4, -0.2) is 102 Å². The summed E-state index contributed by atoms with van der Waals surface area (Å²) in [6.45, 7) is 12.4. The van der Waals surface area contributed by atoms with Crippen molar-refractivity contribution in [2.75, 3.05) is 60.5 Å². The van der Waals surface area contributed by atoms with Crippen molar-refractivity contribution in [3.63, 3.8) is 0 Å². The first kappa shape index (κ1) is 25.9. The zero-order valence-electron chi connectivity index (χ0n) is 19.3. The van der Waals surface area contributed by atoms with E-state index in [1.54, 1.807) is 0 Å². The fourth-order valence-corrected chi connectivity index (χ4v) is 33.3. The van der Waals surface area contributed by atoms with E-state index in [2.05, 4.69) is 77.7 Å². The van der Waals surface area contributed by atoms with Crippen molar-refractivity contribution >= 4 is 26.5 Å². The van der Waals surface area contributed by atoms with Crippen LogP contribution in [0.1, 0.15) is 32.6 Å². The molecule has 0 N–H and O–H groups in total. The molecule has 0 fully saturated rings. The van der Waals surface area contributed by atoms with Crippen molar-refractivity contribution in [2.24, 2.45) is 0 Å². The predicted molar refractivity (Wildman–Crippen MR) is 122 cm³/mol. The van der Waals surface area contributed by atoms with Gasteiger partial charge in [-0.1, -0.05) is 0 Å². The van der Waals surface area contributed by atoms with Crippen LogP contribution >= 0.6 is 0 Å². The van der Waals surface area contributed by atoms with Gasteiger partial charge in [0.1, 0.15) is 0 Å². The Morgan fingerprint density at radius 3 is 1.80 bits per heavy atom. The standard InChI is InChI=1S/C17H40N3Si.3CH3.Sn/c1-8-9-10-11-16-21(6,7)17-20(5)15-14-19(4)13-12-18(2)3;;;;/h16H,8-15,17H2,1-7H3;3*1H3;. The summed E-state index contributed by atoms with van der Waals surface area (Å²) in [5, 5.41) is 0. The molecule has 0 bridgehead atoms. The molecule has 0 spiro atoms. The first-order valence-corrected chi connectivity index (χ1v) is 23.9. The van der Waals surface area contributed by atoms with Crippen LogP contribution in [0, 0.1) is 0 Å². The Kier molecular flexibility index (Phi) is 12.8. The fourth-order valence-electron chi connectivity index (χ4n) is 4.30. The predicted octanol–water partition coefficient (Wildman–Crippen LogP) is 4.49. The first-order valence-electron chi connectivity index (χ1n) is 10.4. The van der Waals surface area contributed by atoms with Gasteiger partial charge in [-0.15, -0.1) is 0 Å². The van der Waals surface area contributed by atoms with E-state index in [0.717, 1.165) is 10.1 Å². The van der Waals surface area contributed by atoms with Gasteiger partial charge in [0.2, 0.25) is 0 Å². The van der Waals surface area contributed by atoms with Gasteiger partial charge >= 0.3 is 166 Å². The Labute approximate surface area is 165 Å². The van der Waals surface area contributed by atoms with Gasteiger partial charge in [0.05, 0.1) is 0 Å². The summed E-state index contributed by atoms with van der Waals surface area (Å²) >= 11 is -1.87. The van der Waals surface area contributed by atoms with E-state index in [1.807, 2.05) is 0 Å². The molecule has 3 nitrogen and oxygen atoms in total. The quantitative estimate of drug-likeness (QED) is 0.269. The molecule has 1 atom stereocenters. The molecule has 0 aromatic carbocycles. The Bertz CT molecular complexity index is 342. The third kappa shape index (κ3) is 12.1. The molecule has 0 aromatic heterocycles. The first-order chi connectivity index (χ1) is 11.4. The van der Waals surface area contributed by atoms with Crippen molar-refractivity contribution < 1.29 is 0 Å². The van der Waals surface area contributed by atoms with Crippen LogP contribution in [-0.2, 0) is 0 Å². The van der Waals surface area contributed by atoms with Gasteiger partial charge in [-0.25, -0.2) is 0 Å². The van der Waals surface area contributed by atoms with E-state index in [0.29, 0.717) is 0 Å². The van der Waals surface area contributed by atoms with Gasteiger partial charge in [-0.3, -0.25) is 0 Å². The normalized spacial score (nSPS) is 14.8. The molecule has 0 aliphatic heterocycles. The van der Waals surface area contributed by atoms with Crippen LogP contribution in [0.5, 0.6) is 0 Å². The molecule has 0 saturated carbocycles. The summed E-state index contributed by atoms with van der Waals surface area (Å²) in [7, 11) is 7.74. The van der Waals surface area contributed by atoms with Crippen LogP contribution in [0.3, 0.4) is 0 Å². The van der Waals surface area contributed by atoms with Crippen LogP contribution in [0.4, 0.5) is 0 Å². The zero-order chi connectivity index (χ0) is 19.7. The second-order valence-electron chi connectivity index (χ2n) is 10.2. The van der Waals surface area contributed by atoms with E-state index >= 15 is 0 Å². The third-order valence-corrected chi connectivity index (χ3v) is 28.4. The number of nitrogens with zero attached hydrogens (tertiary/aromatic N) is 3. The maximum absolute atomic E-state index is 2.68. The van der Waals surface area contributed by atoms with Crippen LogP contribution in [0.15, 0.2) is 0 Å². The maximum atomic E-state index is 2.68. The second-order valence-corrected chi connectivity index (χ2v) is 32.4. The van der Waals surface area contributed by atoms with Gasteiger partial charge in [-0.2, -0.15) is 0 Å². The number of hydrogen-bond donors (Lipinski definition) is 0. The molecule has 0 aliphatic carbocycles. The third-order valence-electron chi connectivity index (χ3n) is 5.55. The minimum atomic E-state index is -1.87. The van der Waals surface area contributed by atoms with Crippen LogP contribution < -0.4 is 0 Å². The van der Waals surface area contributed by atoms with Crippen molar-refractivity contribution in [1.82, 2.24) is 14.7 Å². The second kappa shape index (κ2) is 12.4. The summed E-state index contributed by atoms with van der Waals surface area (Å²) < 4.78 is 1.11. The average Bonchev–Trinajstić information content (AvgIpc) is 2.45. The molecule has 5 heteroatoms. The van der Waals surface area contributed by atoms with Gasteiger partial charge in [0.25, 0.3) is 0 Å². The van der Waals surface area contributed by atoms with E-state index in [4.69, 9.17) is 0 Å². The molecule has 25 heavy (non-hydrogen) atoms. The van der Waals surface area contributed by atoms with E-state index in [-0.39, 0.29) is 0 Å². The summed E-state index contributed by atoms with van der Waals surface area (Å²) in [6, 6.07) is 0. The molecular weight excluding hydrogens is 429 g/mol. The average molecular weight is 478 g/mol. The summed E-state index contributed by atoms with van der Waals surface area (Å²) in [5.41, 5.74) is 0. The topological polar surface area (TPSA) is 9.72 Å². The molecule has 0 rings (SSSR count). The summed E-state index contributed by atoms with van der Waals surface area (Å²) in [5.74, 6) is 0. The van der Waals surface area contributed by atoms with Crippen molar-refractivity contribution in [1.29, 1.82) is 0 Å². The Morgan fingerprint density at radius 1 is 0.800 bits per heavy atom. The molecule has 0 heterocycles. The number of likely N-dealkylation sites (N-methyl/N-ethyl adjacent to an activating group) is 3. The summed E-state index contributed by atoms with van der Waals surface area (Å²) in [6.07, 6.45) is 7.13. The Hall–Kier alpha value is 0.896. The molecular formula is C20H49N3SiSn. The summed E-state index contributed by atoms with van der Waals surface area (Å²) in [4.78, 5) is 15.4. The monoisotopic (exact) mass is 479 g/mol. The number of rotatable bonds is 14. The molecule has 152 valence electrons. The van der Waals surface area contributed by atoms with E-state index in [9.17, 15) is 0 Å².